The molecule has 2 aliphatic heterocycles. The number of hydrogen-bond acceptors (Lipinski definition) is 10. The lowest BCUT2D eigenvalue weighted by Crippen LogP contribution is -2.34. The SMILES string of the molecule is C.CCOC(=O)CS.CCOC(=O)CSC1=CCC(=O)NC1=O.O=C1CC=C(Br)C(=O)N1. The highest BCUT2D eigenvalue weighted by Crippen LogP contribution is 2.19. The maximum Gasteiger partial charge on any atom is 0.316 e. The van der Waals surface area contributed by atoms with Crippen molar-refractivity contribution in [1.29, 1.82) is 0 Å². The molecule has 0 aromatic heterocycles. The summed E-state index contributed by atoms with van der Waals surface area (Å²) < 4.78 is 9.61. The Bertz CT molecular complexity index is 768. The van der Waals surface area contributed by atoms with E-state index < -0.39 is 5.91 Å². The van der Waals surface area contributed by atoms with Gasteiger partial charge in [0.2, 0.25) is 11.8 Å². The molecule has 0 bridgehead atoms. The molecule has 32 heavy (non-hydrogen) atoms. The molecule has 0 radical (unpaired) electrons. The number of ether oxygens (including phenoxy) is 2. The maximum absolute atomic E-state index is 11.2. The molecule has 0 aromatic carbocycles. The first kappa shape index (κ1) is 32.1. The lowest BCUT2D eigenvalue weighted by Gasteiger charge is -2.11. The molecule has 2 rings (SSSR count). The highest BCUT2D eigenvalue weighted by molar-refractivity contribution is 9.12. The van der Waals surface area contributed by atoms with E-state index in [-0.39, 0.29) is 61.4 Å². The third-order valence-corrected chi connectivity index (χ3v) is 4.96. The van der Waals surface area contributed by atoms with Gasteiger partial charge in [0.25, 0.3) is 11.8 Å². The fourth-order valence-electron chi connectivity index (χ4n) is 1.70. The summed E-state index contributed by atoms with van der Waals surface area (Å²) in [5.74, 6) is -1.73. The second-order valence-electron chi connectivity index (χ2n) is 5.34. The zero-order valence-electron chi connectivity index (χ0n) is 16.9. The average Bonchev–Trinajstić information content (AvgIpc) is 2.71. The van der Waals surface area contributed by atoms with Crippen LogP contribution in [0.5, 0.6) is 0 Å². The molecule has 4 amide bonds. The van der Waals surface area contributed by atoms with Gasteiger partial charge in [-0.2, -0.15) is 12.6 Å². The van der Waals surface area contributed by atoms with E-state index in [0.29, 0.717) is 22.6 Å². The average molecular weight is 555 g/mol. The number of thiol groups is 1. The minimum Gasteiger partial charge on any atom is -0.465 e. The Morgan fingerprint density at radius 2 is 1.47 bits per heavy atom. The first-order valence-electron chi connectivity index (χ1n) is 8.93. The molecule has 10 nitrogen and oxygen atoms in total. The van der Waals surface area contributed by atoms with Crippen LogP contribution in [0.2, 0.25) is 0 Å². The molecule has 0 atom stereocenters. The highest BCUT2D eigenvalue weighted by atomic mass is 79.9. The summed E-state index contributed by atoms with van der Waals surface area (Å²) in [5.41, 5.74) is 0. The van der Waals surface area contributed by atoms with Crippen LogP contribution in [0.3, 0.4) is 0 Å². The molecule has 0 saturated carbocycles. The highest BCUT2D eigenvalue weighted by Gasteiger charge is 2.19. The van der Waals surface area contributed by atoms with Crippen molar-refractivity contribution in [3.05, 3.63) is 21.5 Å². The molecule has 2 heterocycles. The van der Waals surface area contributed by atoms with Gasteiger partial charge in [-0.25, -0.2) is 0 Å². The number of amides is 4. The lowest BCUT2D eigenvalue weighted by atomic mass is 10.3. The number of halogens is 1. The third-order valence-electron chi connectivity index (χ3n) is 2.97. The van der Waals surface area contributed by atoms with E-state index in [1.165, 1.54) is 6.08 Å². The fourth-order valence-corrected chi connectivity index (χ4v) is 2.79. The van der Waals surface area contributed by atoms with Crippen LogP contribution in [0.4, 0.5) is 0 Å². The number of nitrogens with one attached hydrogen (secondary N) is 2. The van der Waals surface area contributed by atoms with Crippen molar-refractivity contribution >= 4 is 75.9 Å². The molecular weight excluding hydrogens is 528 g/mol. The summed E-state index contributed by atoms with van der Waals surface area (Å²) in [6.45, 7) is 4.25. The van der Waals surface area contributed by atoms with Crippen LogP contribution in [0.15, 0.2) is 21.5 Å². The van der Waals surface area contributed by atoms with E-state index in [0.717, 1.165) is 11.8 Å². The summed E-state index contributed by atoms with van der Waals surface area (Å²) in [6, 6.07) is 0. The van der Waals surface area contributed by atoms with Gasteiger partial charge in [0.15, 0.2) is 0 Å². The van der Waals surface area contributed by atoms with Gasteiger partial charge in [0.1, 0.15) is 0 Å². The predicted octanol–water partition coefficient (Wildman–Crippen LogP) is 1.64. The number of esters is 2. The van der Waals surface area contributed by atoms with E-state index in [4.69, 9.17) is 4.74 Å². The molecule has 2 N–H and O–H groups in total. The Kier molecular flexibility index (Phi) is 18.5. The van der Waals surface area contributed by atoms with Crippen molar-refractivity contribution in [2.75, 3.05) is 24.7 Å². The Balaban J connectivity index is 0. The van der Waals surface area contributed by atoms with Crippen LogP contribution in [0.1, 0.15) is 34.1 Å². The van der Waals surface area contributed by atoms with Crippen molar-refractivity contribution < 1.29 is 38.2 Å². The number of rotatable bonds is 6. The molecule has 180 valence electrons. The van der Waals surface area contributed by atoms with Crippen LogP contribution < -0.4 is 10.6 Å². The van der Waals surface area contributed by atoms with Crippen molar-refractivity contribution in [2.45, 2.75) is 34.1 Å². The van der Waals surface area contributed by atoms with Crippen LogP contribution in [0, 0.1) is 0 Å². The van der Waals surface area contributed by atoms with Crippen molar-refractivity contribution in [2.24, 2.45) is 0 Å². The van der Waals surface area contributed by atoms with Gasteiger partial charge < -0.3 is 9.47 Å². The van der Waals surface area contributed by atoms with Gasteiger partial charge in [-0.05, 0) is 29.8 Å². The van der Waals surface area contributed by atoms with Crippen molar-refractivity contribution in [3.63, 3.8) is 0 Å². The van der Waals surface area contributed by atoms with Crippen LogP contribution >= 0.6 is 40.3 Å². The summed E-state index contributed by atoms with van der Waals surface area (Å²) in [7, 11) is 0. The molecule has 0 fully saturated rings. The first-order chi connectivity index (χ1) is 14.6. The minimum absolute atomic E-state index is 0. The van der Waals surface area contributed by atoms with Gasteiger partial charge in [-0.15, -0.1) is 11.8 Å². The summed E-state index contributed by atoms with van der Waals surface area (Å²) in [5, 5.41) is 4.30. The number of thioether (sulfide) groups is 1. The summed E-state index contributed by atoms with van der Waals surface area (Å²) in [4.78, 5) is 64.5. The molecular formula is C19H27BrN2O8S2. The van der Waals surface area contributed by atoms with Crippen molar-refractivity contribution in [1.82, 2.24) is 10.6 Å². The second kappa shape index (κ2) is 18.5. The van der Waals surface area contributed by atoms with E-state index in [2.05, 4.69) is 43.9 Å². The van der Waals surface area contributed by atoms with E-state index >= 15 is 0 Å². The van der Waals surface area contributed by atoms with Gasteiger partial charge in [0.05, 0.1) is 34.1 Å². The standard InChI is InChI=1S/C9H11NO4S.C5H4BrNO2.C4H8O2S.CH4/c1-2-14-8(12)5-15-6-3-4-7(11)10-9(6)13;6-3-1-2-4(8)7-5(3)9;1-2-6-4(5)3-7;/h3H,2,4-5H2,1H3,(H,10,11,13);1H,2H2,(H,7,8,9);7H,2-3H2,1H3;1H4. The van der Waals surface area contributed by atoms with E-state index in [9.17, 15) is 28.8 Å². The minimum atomic E-state index is -0.444. The van der Waals surface area contributed by atoms with Gasteiger partial charge in [0, 0.05) is 12.8 Å². The number of hydrogen-bond donors (Lipinski definition) is 3. The quantitative estimate of drug-likeness (QED) is 0.253. The van der Waals surface area contributed by atoms with Gasteiger partial charge in [-0.1, -0.05) is 19.6 Å². The smallest absolute Gasteiger partial charge is 0.316 e. The molecule has 0 spiro atoms. The Labute approximate surface area is 204 Å². The molecule has 13 heteroatoms. The number of carbonyl (C=O) groups is 6. The maximum atomic E-state index is 11.2. The molecule has 0 aromatic rings. The Morgan fingerprint density at radius 3 is 1.88 bits per heavy atom. The Hall–Kier alpha value is -2.12. The van der Waals surface area contributed by atoms with Gasteiger partial charge in [-0.3, -0.25) is 39.4 Å². The van der Waals surface area contributed by atoms with E-state index in [1.807, 2.05) is 0 Å². The number of carbonyl (C=O) groups excluding carboxylic acids is 6. The first-order valence-corrected chi connectivity index (χ1v) is 11.3. The normalized spacial score (nSPS) is 14.5. The van der Waals surface area contributed by atoms with Gasteiger partial charge >= 0.3 is 11.9 Å². The van der Waals surface area contributed by atoms with E-state index in [1.54, 1.807) is 19.9 Å². The Morgan fingerprint density at radius 1 is 0.969 bits per heavy atom. The second-order valence-corrected chi connectivity index (χ2v) is 7.53. The summed E-state index contributed by atoms with van der Waals surface area (Å²) >= 11 is 7.73. The molecule has 0 saturated heterocycles. The largest absolute Gasteiger partial charge is 0.465 e. The molecule has 0 aliphatic carbocycles. The zero-order valence-corrected chi connectivity index (χ0v) is 20.2. The monoisotopic (exact) mass is 554 g/mol. The van der Waals surface area contributed by atoms with Crippen LogP contribution in [-0.2, 0) is 38.2 Å². The summed E-state index contributed by atoms with van der Waals surface area (Å²) in [6.07, 6.45) is 3.52. The zero-order chi connectivity index (χ0) is 23.8. The third kappa shape index (κ3) is 14.8. The lowest BCUT2D eigenvalue weighted by molar-refractivity contribution is -0.140. The van der Waals surface area contributed by atoms with Crippen molar-refractivity contribution in [3.8, 4) is 0 Å². The van der Waals surface area contributed by atoms with Crippen LogP contribution in [-0.4, -0.2) is 60.3 Å². The molecule has 2 aliphatic rings. The topological polar surface area (TPSA) is 145 Å². The fraction of sp³-hybridized carbons (Fsp3) is 0.474. The van der Waals surface area contributed by atoms with Crippen LogP contribution in [0.25, 0.3) is 0 Å². The number of imide groups is 2. The predicted molar refractivity (Wildman–Crippen MR) is 127 cm³/mol. The molecule has 0 unspecified atom stereocenters.